The first-order valence-corrected chi connectivity index (χ1v) is 8.13. The lowest BCUT2D eigenvalue weighted by Gasteiger charge is -2.28. The van der Waals surface area contributed by atoms with E-state index in [1.807, 2.05) is 19.9 Å². The minimum Gasteiger partial charge on any atom is -0.490 e. The minimum atomic E-state index is 0.396. The molecule has 1 aromatic carbocycles. The van der Waals surface area contributed by atoms with Crippen molar-refractivity contribution in [2.24, 2.45) is 5.73 Å². The first-order chi connectivity index (χ1) is 10.3. The Labute approximate surface area is 128 Å². The predicted octanol–water partition coefficient (Wildman–Crippen LogP) is 2.97. The lowest BCUT2D eigenvalue weighted by Crippen LogP contribution is -2.27. The van der Waals surface area contributed by atoms with E-state index in [1.54, 1.807) is 0 Å². The summed E-state index contributed by atoms with van der Waals surface area (Å²) in [7, 11) is 0. The highest BCUT2D eigenvalue weighted by molar-refractivity contribution is 5.44. The molecule has 0 aliphatic carbocycles. The highest BCUT2D eigenvalue weighted by Crippen LogP contribution is 2.34. The van der Waals surface area contributed by atoms with Crippen molar-refractivity contribution in [1.82, 2.24) is 4.90 Å². The molecule has 2 N–H and O–H groups in total. The van der Waals surface area contributed by atoms with Crippen LogP contribution in [0.4, 0.5) is 0 Å². The smallest absolute Gasteiger partial charge is 0.161 e. The van der Waals surface area contributed by atoms with Crippen LogP contribution in [0, 0.1) is 0 Å². The van der Waals surface area contributed by atoms with Gasteiger partial charge in [-0.05, 0) is 70.4 Å². The Balaban J connectivity index is 2.24. The molecule has 0 spiro atoms. The quantitative estimate of drug-likeness (QED) is 0.800. The van der Waals surface area contributed by atoms with Crippen LogP contribution in [-0.2, 0) is 0 Å². The molecule has 2 rings (SSSR count). The van der Waals surface area contributed by atoms with E-state index in [-0.39, 0.29) is 0 Å². The number of likely N-dealkylation sites (tertiary alicyclic amines) is 1. The summed E-state index contributed by atoms with van der Waals surface area (Å²) in [6, 6.07) is 6.72. The molecule has 1 aromatic rings. The SMILES string of the molecule is CCOc1ccc(C(CCN)N2CCCC2)cc1OCC. The summed E-state index contributed by atoms with van der Waals surface area (Å²) >= 11 is 0. The van der Waals surface area contributed by atoms with Crippen LogP contribution in [0.25, 0.3) is 0 Å². The Hall–Kier alpha value is -1.26. The maximum atomic E-state index is 5.83. The van der Waals surface area contributed by atoms with Crippen molar-refractivity contribution in [3.8, 4) is 11.5 Å². The average molecular weight is 292 g/mol. The largest absolute Gasteiger partial charge is 0.490 e. The zero-order valence-electron chi connectivity index (χ0n) is 13.3. The number of hydrogen-bond acceptors (Lipinski definition) is 4. The maximum Gasteiger partial charge on any atom is 0.161 e. The third kappa shape index (κ3) is 4.11. The second-order valence-corrected chi connectivity index (χ2v) is 5.41. The molecule has 0 bridgehead atoms. The molecule has 21 heavy (non-hydrogen) atoms. The molecule has 4 nitrogen and oxygen atoms in total. The molecule has 0 radical (unpaired) electrons. The first kappa shape index (κ1) is 16.1. The van der Waals surface area contributed by atoms with E-state index in [0.29, 0.717) is 25.8 Å². The molecule has 1 aliphatic heterocycles. The lowest BCUT2D eigenvalue weighted by molar-refractivity contribution is 0.234. The topological polar surface area (TPSA) is 47.7 Å². The number of nitrogens with two attached hydrogens (primary N) is 1. The molecule has 1 fully saturated rings. The van der Waals surface area contributed by atoms with E-state index in [9.17, 15) is 0 Å². The van der Waals surface area contributed by atoms with E-state index in [1.165, 1.54) is 31.5 Å². The van der Waals surface area contributed by atoms with Gasteiger partial charge in [-0.2, -0.15) is 0 Å². The number of nitrogens with zero attached hydrogens (tertiary/aromatic N) is 1. The third-order valence-electron chi connectivity index (χ3n) is 3.97. The molecule has 1 aliphatic rings. The molecular weight excluding hydrogens is 264 g/mol. The Morgan fingerprint density at radius 3 is 2.38 bits per heavy atom. The first-order valence-electron chi connectivity index (χ1n) is 8.13. The van der Waals surface area contributed by atoms with E-state index in [2.05, 4.69) is 17.0 Å². The van der Waals surface area contributed by atoms with Gasteiger partial charge in [-0.1, -0.05) is 6.07 Å². The Bertz CT molecular complexity index is 431. The maximum absolute atomic E-state index is 5.83. The number of hydrogen-bond donors (Lipinski definition) is 1. The molecular formula is C17H28N2O2. The molecule has 1 atom stereocenters. The zero-order chi connectivity index (χ0) is 15.1. The Kier molecular flexibility index (Phi) is 6.33. The summed E-state index contributed by atoms with van der Waals surface area (Å²) < 4.78 is 11.4. The van der Waals surface area contributed by atoms with Gasteiger partial charge in [0.25, 0.3) is 0 Å². The molecule has 1 unspecified atom stereocenters. The lowest BCUT2D eigenvalue weighted by atomic mass is 10.0. The molecule has 0 aromatic heterocycles. The molecule has 1 saturated heterocycles. The fourth-order valence-corrected chi connectivity index (χ4v) is 3.05. The molecule has 1 heterocycles. The van der Waals surface area contributed by atoms with Gasteiger partial charge in [-0.3, -0.25) is 4.90 Å². The van der Waals surface area contributed by atoms with Crippen molar-refractivity contribution in [3.05, 3.63) is 23.8 Å². The van der Waals surface area contributed by atoms with Gasteiger partial charge in [0.15, 0.2) is 11.5 Å². The van der Waals surface area contributed by atoms with Gasteiger partial charge in [0, 0.05) is 6.04 Å². The minimum absolute atomic E-state index is 0.396. The highest BCUT2D eigenvalue weighted by Gasteiger charge is 2.23. The van der Waals surface area contributed by atoms with Crippen LogP contribution >= 0.6 is 0 Å². The van der Waals surface area contributed by atoms with Crippen molar-refractivity contribution in [2.45, 2.75) is 39.2 Å². The van der Waals surface area contributed by atoms with E-state index in [0.717, 1.165) is 17.9 Å². The third-order valence-corrected chi connectivity index (χ3v) is 3.97. The van der Waals surface area contributed by atoms with Crippen molar-refractivity contribution < 1.29 is 9.47 Å². The van der Waals surface area contributed by atoms with Crippen LogP contribution in [0.2, 0.25) is 0 Å². The van der Waals surface area contributed by atoms with E-state index < -0.39 is 0 Å². The Morgan fingerprint density at radius 2 is 1.76 bits per heavy atom. The fourth-order valence-electron chi connectivity index (χ4n) is 3.05. The molecule has 118 valence electrons. The predicted molar refractivity (Wildman–Crippen MR) is 86.0 cm³/mol. The van der Waals surface area contributed by atoms with E-state index in [4.69, 9.17) is 15.2 Å². The highest BCUT2D eigenvalue weighted by atomic mass is 16.5. The average Bonchev–Trinajstić information content (AvgIpc) is 3.01. The van der Waals surface area contributed by atoms with Gasteiger partial charge in [0.1, 0.15) is 0 Å². The standard InChI is InChI=1S/C17H28N2O2/c1-3-20-16-8-7-14(13-17(16)21-4-2)15(9-10-18)19-11-5-6-12-19/h7-8,13,15H,3-6,9-12,18H2,1-2H3. The van der Waals surface area contributed by atoms with Crippen LogP contribution in [0.1, 0.15) is 44.7 Å². The van der Waals surface area contributed by atoms with Crippen LogP contribution in [0.3, 0.4) is 0 Å². The molecule has 4 heteroatoms. The van der Waals surface area contributed by atoms with Crippen LogP contribution < -0.4 is 15.2 Å². The summed E-state index contributed by atoms with van der Waals surface area (Å²) in [6.07, 6.45) is 3.56. The number of benzene rings is 1. The number of ether oxygens (including phenoxy) is 2. The summed E-state index contributed by atoms with van der Waals surface area (Å²) in [6.45, 7) is 8.33. The van der Waals surface area contributed by atoms with Crippen LogP contribution in [0.15, 0.2) is 18.2 Å². The van der Waals surface area contributed by atoms with E-state index >= 15 is 0 Å². The normalized spacial score (nSPS) is 16.9. The summed E-state index contributed by atoms with van der Waals surface area (Å²) in [5, 5.41) is 0. The number of rotatable bonds is 8. The van der Waals surface area contributed by atoms with Crippen molar-refractivity contribution in [2.75, 3.05) is 32.8 Å². The summed E-state index contributed by atoms with van der Waals surface area (Å²) in [5.74, 6) is 1.68. The van der Waals surface area contributed by atoms with Crippen LogP contribution in [-0.4, -0.2) is 37.7 Å². The molecule has 0 amide bonds. The summed E-state index contributed by atoms with van der Waals surface area (Å²) in [4.78, 5) is 2.54. The second-order valence-electron chi connectivity index (χ2n) is 5.41. The molecule has 0 saturated carbocycles. The van der Waals surface area contributed by atoms with Crippen molar-refractivity contribution >= 4 is 0 Å². The zero-order valence-corrected chi connectivity index (χ0v) is 13.3. The van der Waals surface area contributed by atoms with Crippen molar-refractivity contribution in [1.29, 1.82) is 0 Å². The Morgan fingerprint density at radius 1 is 1.10 bits per heavy atom. The van der Waals surface area contributed by atoms with Crippen LogP contribution in [0.5, 0.6) is 11.5 Å². The second kappa shape index (κ2) is 8.25. The van der Waals surface area contributed by atoms with Gasteiger partial charge >= 0.3 is 0 Å². The van der Waals surface area contributed by atoms with Gasteiger partial charge in [-0.15, -0.1) is 0 Å². The monoisotopic (exact) mass is 292 g/mol. The van der Waals surface area contributed by atoms with Gasteiger partial charge < -0.3 is 15.2 Å². The van der Waals surface area contributed by atoms with Gasteiger partial charge in [0.05, 0.1) is 13.2 Å². The van der Waals surface area contributed by atoms with Gasteiger partial charge in [-0.25, -0.2) is 0 Å². The fraction of sp³-hybridized carbons (Fsp3) is 0.647. The van der Waals surface area contributed by atoms with Crippen molar-refractivity contribution in [3.63, 3.8) is 0 Å². The summed E-state index contributed by atoms with van der Waals surface area (Å²) in [5.41, 5.74) is 7.11. The van der Waals surface area contributed by atoms with Gasteiger partial charge in [0.2, 0.25) is 0 Å².